The predicted molar refractivity (Wildman–Crippen MR) is 118 cm³/mol. The molecule has 9 nitrogen and oxygen atoms in total. The van der Waals surface area contributed by atoms with Crippen LogP contribution in [0.4, 0.5) is 0 Å². The molecule has 33 heavy (non-hydrogen) atoms. The number of carbonyl (C=O) groups excluding carboxylic acids is 2. The van der Waals surface area contributed by atoms with Crippen LogP contribution in [0.5, 0.6) is 0 Å². The summed E-state index contributed by atoms with van der Waals surface area (Å²) >= 11 is 0. The van der Waals surface area contributed by atoms with E-state index in [-0.39, 0.29) is 5.56 Å². The zero-order valence-electron chi connectivity index (χ0n) is 18.1. The van der Waals surface area contributed by atoms with Crippen LogP contribution in [0, 0.1) is 23.7 Å². The van der Waals surface area contributed by atoms with Crippen LogP contribution in [0.1, 0.15) is 34.4 Å². The van der Waals surface area contributed by atoms with Crippen LogP contribution in [0.3, 0.4) is 0 Å². The second kappa shape index (κ2) is 11.9. The van der Waals surface area contributed by atoms with Crippen molar-refractivity contribution in [1.29, 1.82) is 0 Å². The molecule has 9 heteroatoms. The van der Waals surface area contributed by atoms with E-state index in [0.29, 0.717) is 11.3 Å². The molecule has 2 aromatic rings. The molecule has 0 saturated carbocycles. The Morgan fingerprint density at radius 3 is 2.45 bits per heavy atom. The van der Waals surface area contributed by atoms with Gasteiger partial charge in [-0.15, -0.1) is 0 Å². The van der Waals surface area contributed by atoms with Crippen molar-refractivity contribution in [2.45, 2.75) is 25.6 Å². The third kappa shape index (κ3) is 7.21. The lowest BCUT2D eigenvalue weighted by Gasteiger charge is -2.25. The van der Waals surface area contributed by atoms with E-state index in [1.807, 2.05) is 12.1 Å². The van der Waals surface area contributed by atoms with E-state index >= 15 is 0 Å². The molecule has 2 atom stereocenters. The summed E-state index contributed by atoms with van der Waals surface area (Å²) in [5.74, 6) is 11.1. The van der Waals surface area contributed by atoms with E-state index in [4.69, 9.17) is 14.4 Å². The molecular weight excluding hydrogens is 426 g/mol. The Balaban J connectivity index is 1.55. The number of hydroxylamine groups is 1. The molecule has 0 bridgehead atoms. The maximum atomic E-state index is 12.3. The van der Waals surface area contributed by atoms with E-state index in [2.05, 4.69) is 33.9 Å². The molecule has 1 aromatic heterocycles. The van der Waals surface area contributed by atoms with Crippen molar-refractivity contribution in [1.82, 2.24) is 15.7 Å². The summed E-state index contributed by atoms with van der Waals surface area (Å²) in [6.45, 7) is 5.28. The molecule has 0 spiro atoms. The average Bonchev–Trinajstić information content (AvgIpc) is 3.27. The number of hydrogen-bond acceptors (Lipinski definition) is 7. The third-order valence-electron chi connectivity index (χ3n) is 4.91. The fraction of sp³-hybridized carbons (Fsp3) is 0.333. The quantitative estimate of drug-likeness (QED) is 0.286. The molecule has 4 N–H and O–H groups in total. The summed E-state index contributed by atoms with van der Waals surface area (Å²) in [5, 5.41) is 20.7. The lowest BCUT2D eigenvalue weighted by Crippen LogP contribution is -2.51. The van der Waals surface area contributed by atoms with Gasteiger partial charge in [-0.1, -0.05) is 5.92 Å². The largest absolute Gasteiger partial charge is 0.451 e. The van der Waals surface area contributed by atoms with Crippen molar-refractivity contribution in [3.8, 4) is 23.7 Å². The Kier molecular flexibility index (Phi) is 8.64. The minimum absolute atomic E-state index is 0.270. The van der Waals surface area contributed by atoms with Crippen molar-refractivity contribution >= 4 is 11.8 Å². The number of hydrogen-bond donors (Lipinski definition) is 4. The number of nitrogens with zero attached hydrogens (tertiary/aromatic N) is 1. The number of nitrogens with one attached hydrogen (secondary N) is 2. The number of benzene rings is 1. The maximum absolute atomic E-state index is 12.3. The lowest BCUT2D eigenvalue weighted by molar-refractivity contribution is -0.133. The first-order chi connectivity index (χ1) is 16.0. The number of carbonyl (C=O) groups is 2. The average molecular weight is 451 g/mol. The standard InChI is InChI=1S/C24H25N3O6/c1-17(28)22(24(30)26-31)25-23(29)19-8-6-18(7-9-19)4-2-3-5-20-10-11-21(33-20)16-27-12-14-32-15-13-27/h6-11,17,22,28,31H,12-16H2,1H3,(H,25,29)(H,26,30)/t17-,22-/m0/s1. The van der Waals surface area contributed by atoms with Gasteiger partial charge in [0.1, 0.15) is 11.8 Å². The third-order valence-corrected chi connectivity index (χ3v) is 4.91. The molecule has 1 fully saturated rings. The number of furan rings is 1. The Morgan fingerprint density at radius 1 is 1.09 bits per heavy atom. The number of aliphatic hydroxyl groups is 1. The van der Waals surface area contributed by atoms with Crippen molar-refractivity contribution in [2.24, 2.45) is 0 Å². The van der Waals surface area contributed by atoms with Crippen LogP contribution in [0.25, 0.3) is 0 Å². The van der Waals surface area contributed by atoms with Crippen LogP contribution in [-0.2, 0) is 16.1 Å². The van der Waals surface area contributed by atoms with Gasteiger partial charge in [0, 0.05) is 24.2 Å². The topological polar surface area (TPSA) is 124 Å². The van der Waals surface area contributed by atoms with Gasteiger partial charge < -0.3 is 19.6 Å². The van der Waals surface area contributed by atoms with Gasteiger partial charge in [0.25, 0.3) is 11.8 Å². The molecule has 1 aliphatic heterocycles. The molecule has 1 aliphatic rings. The second-order valence-electron chi connectivity index (χ2n) is 7.40. The summed E-state index contributed by atoms with van der Waals surface area (Å²) in [6, 6.07) is 8.78. The van der Waals surface area contributed by atoms with Gasteiger partial charge in [-0.2, -0.15) is 0 Å². The minimum atomic E-state index is -1.28. The molecule has 2 heterocycles. The van der Waals surface area contributed by atoms with Crippen molar-refractivity contribution in [3.05, 3.63) is 59.0 Å². The summed E-state index contributed by atoms with van der Waals surface area (Å²) in [6.07, 6.45) is -1.19. The zero-order valence-corrected chi connectivity index (χ0v) is 18.1. The Morgan fingerprint density at radius 2 is 1.79 bits per heavy atom. The normalized spacial score (nSPS) is 15.2. The second-order valence-corrected chi connectivity index (χ2v) is 7.40. The molecule has 172 valence electrons. The van der Waals surface area contributed by atoms with E-state index in [1.54, 1.807) is 12.1 Å². The van der Waals surface area contributed by atoms with E-state index < -0.39 is 24.0 Å². The highest BCUT2D eigenvalue weighted by molar-refractivity contribution is 5.97. The highest BCUT2D eigenvalue weighted by atomic mass is 16.5. The van der Waals surface area contributed by atoms with E-state index in [0.717, 1.165) is 38.6 Å². The number of aliphatic hydroxyl groups excluding tert-OH is 1. The van der Waals surface area contributed by atoms with Crippen molar-refractivity contribution in [2.75, 3.05) is 26.3 Å². The molecule has 0 radical (unpaired) electrons. The summed E-state index contributed by atoms with van der Waals surface area (Å²) in [4.78, 5) is 26.1. The fourth-order valence-corrected chi connectivity index (χ4v) is 3.11. The van der Waals surface area contributed by atoms with Gasteiger partial charge in [-0.25, -0.2) is 5.48 Å². The van der Waals surface area contributed by atoms with Gasteiger partial charge in [0.2, 0.25) is 0 Å². The first kappa shape index (κ1) is 24.1. The summed E-state index contributed by atoms with van der Waals surface area (Å²) in [5.41, 5.74) is 2.33. The molecule has 0 unspecified atom stereocenters. The van der Waals surface area contributed by atoms with E-state index in [1.165, 1.54) is 24.5 Å². The molecule has 0 aliphatic carbocycles. The summed E-state index contributed by atoms with van der Waals surface area (Å²) < 4.78 is 11.1. The van der Waals surface area contributed by atoms with Crippen LogP contribution >= 0.6 is 0 Å². The molecule has 1 saturated heterocycles. The zero-order chi connectivity index (χ0) is 23.6. The van der Waals surface area contributed by atoms with Crippen LogP contribution in [0.2, 0.25) is 0 Å². The van der Waals surface area contributed by atoms with Crippen LogP contribution in [-0.4, -0.2) is 65.5 Å². The smallest absolute Gasteiger partial charge is 0.268 e. The minimum Gasteiger partial charge on any atom is -0.451 e. The Labute approximate surface area is 191 Å². The predicted octanol–water partition coefficient (Wildman–Crippen LogP) is 0.500. The molecule has 2 amide bonds. The first-order valence-corrected chi connectivity index (χ1v) is 10.4. The highest BCUT2D eigenvalue weighted by Gasteiger charge is 2.25. The summed E-state index contributed by atoms with van der Waals surface area (Å²) in [7, 11) is 0. The molecule has 3 rings (SSSR count). The first-order valence-electron chi connectivity index (χ1n) is 10.4. The molecule has 1 aromatic carbocycles. The number of morpholine rings is 1. The van der Waals surface area contributed by atoms with Crippen LogP contribution < -0.4 is 10.8 Å². The monoisotopic (exact) mass is 451 g/mol. The number of rotatable bonds is 6. The van der Waals surface area contributed by atoms with Crippen LogP contribution in [0.15, 0.2) is 40.8 Å². The Bertz CT molecular complexity index is 1080. The van der Waals surface area contributed by atoms with Crippen molar-refractivity contribution in [3.63, 3.8) is 0 Å². The highest BCUT2D eigenvalue weighted by Crippen LogP contribution is 2.11. The van der Waals surface area contributed by atoms with Crippen molar-refractivity contribution < 1.29 is 29.1 Å². The fourth-order valence-electron chi connectivity index (χ4n) is 3.11. The van der Waals surface area contributed by atoms with Gasteiger partial charge in [0.05, 0.1) is 25.9 Å². The maximum Gasteiger partial charge on any atom is 0.268 e. The van der Waals surface area contributed by atoms with Gasteiger partial charge in [-0.3, -0.25) is 19.7 Å². The van der Waals surface area contributed by atoms with Gasteiger partial charge in [0.15, 0.2) is 5.76 Å². The van der Waals surface area contributed by atoms with Gasteiger partial charge >= 0.3 is 0 Å². The lowest BCUT2D eigenvalue weighted by atomic mass is 10.1. The van der Waals surface area contributed by atoms with E-state index in [9.17, 15) is 14.7 Å². The SMILES string of the molecule is C[C@H](O)[C@H](NC(=O)c1ccc(C#CC#Cc2ccc(CN3CCOCC3)o2)cc1)C(=O)NO. The number of amides is 2. The van der Waals surface area contributed by atoms with Gasteiger partial charge in [-0.05, 0) is 61.1 Å². The molecular formula is C24H25N3O6. The Hall–Kier alpha value is -3.60. The number of ether oxygens (including phenoxy) is 1.